The van der Waals surface area contributed by atoms with E-state index < -0.39 is 16.1 Å². The molecule has 1 fully saturated rings. The lowest BCUT2D eigenvalue weighted by Gasteiger charge is -2.35. The molecule has 22 heavy (non-hydrogen) atoms. The van der Waals surface area contributed by atoms with Crippen LogP contribution >= 0.6 is 11.6 Å². The van der Waals surface area contributed by atoms with Crippen LogP contribution in [0.4, 0.5) is 0 Å². The summed E-state index contributed by atoms with van der Waals surface area (Å²) < 4.78 is 27.0. The monoisotopic (exact) mass is 345 g/mol. The van der Waals surface area contributed by atoms with E-state index in [0.29, 0.717) is 24.7 Å². The zero-order valence-electron chi connectivity index (χ0n) is 12.5. The van der Waals surface area contributed by atoms with Crippen LogP contribution in [0.1, 0.15) is 13.8 Å². The average molecular weight is 346 g/mol. The topological polar surface area (TPSA) is 78.5 Å². The molecule has 0 saturated carbocycles. The van der Waals surface area contributed by atoms with Crippen LogP contribution in [0.3, 0.4) is 0 Å². The van der Waals surface area contributed by atoms with Crippen molar-refractivity contribution in [2.45, 2.75) is 30.8 Å². The van der Waals surface area contributed by atoms with Gasteiger partial charge in [0.05, 0.1) is 10.9 Å². The molecule has 2 unspecified atom stereocenters. The van der Waals surface area contributed by atoms with Gasteiger partial charge in [-0.1, -0.05) is 11.6 Å². The molecule has 2 atom stereocenters. The van der Waals surface area contributed by atoms with Crippen LogP contribution in [0.2, 0.25) is 5.02 Å². The van der Waals surface area contributed by atoms with E-state index in [1.54, 1.807) is 11.8 Å². The molecule has 1 aromatic carbocycles. The summed E-state index contributed by atoms with van der Waals surface area (Å²) in [7, 11) is -3.75. The molecule has 1 aromatic rings. The van der Waals surface area contributed by atoms with Crippen molar-refractivity contribution in [3.63, 3.8) is 0 Å². The van der Waals surface area contributed by atoms with Crippen molar-refractivity contribution in [1.29, 1.82) is 0 Å². The number of piperazine rings is 1. The highest BCUT2D eigenvalue weighted by Crippen LogP contribution is 2.15. The Labute approximate surface area is 135 Å². The largest absolute Gasteiger partial charge is 0.336 e. The van der Waals surface area contributed by atoms with Gasteiger partial charge in [-0.15, -0.1) is 0 Å². The van der Waals surface area contributed by atoms with E-state index in [9.17, 15) is 13.2 Å². The second-order valence-electron chi connectivity index (χ2n) is 5.38. The Hall–Kier alpha value is -1.15. The highest BCUT2D eigenvalue weighted by Gasteiger charge is 2.29. The van der Waals surface area contributed by atoms with Gasteiger partial charge in [-0.05, 0) is 38.1 Å². The molecule has 6 nitrogen and oxygen atoms in total. The van der Waals surface area contributed by atoms with Crippen molar-refractivity contribution in [3.05, 3.63) is 29.3 Å². The van der Waals surface area contributed by atoms with Gasteiger partial charge in [0.2, 0.25) is 15.9 Å². The molecule has 8 heteroatoms. The van der Waals surface area contributed by atoms with E-state index >= 15 is 0 Å². The number of hydrogen-bond donors (Lipinski definition) is 2. The third-order valence-corrected chi connectivity index (χ3v) is 5.42. The van der Waals surface area contributed by atoms with Crippen molar-refractivity contribution in [2.75, 3.05) is 19.6 Å². The lowest BCUT2D eigenvalue weighted by molar-refractivity contribution is -0.135. The second kappa shape index (κ2) is 6.95. The first kappa shape index (κ1) is 17.2. The molecular weight excluding hydrogens is 326 g/mol. The lowest BCUT2D eigenvalue weighted by Crippen LogP contribution is -2.57. The number of benzene rings is 1. The van der Waals surface area contributed by atoms with Crippen LogP contribution in [0.15, 0.2) is 29.2 Å². The maximum atomic E-state index is 12.4. The van der Waals surface area contributed by atoms with Crippen molar-refractivity contribution in [3.8, 4) is 0 Å². The summed E-state index contributed by atoms with van der Waals surface area (Å²) >= 11 is 5.75. The number of carbonyl (C=O) groups is 1. The minimum absolute atomic E-state index is 0.0451. The van der Waals surface area contributed by atoms with Gasteiger partial charge >= 0.3 is 0 Å². The molecule has 1 heterocycles. The van der Waals surface area contributed by atoms with Crippen LogP contribution < -0.4 is 10.0 Å². The Morgan fingerprint density at radius 2 is 2.05 bits per heavy atom. The number of rotatable bonds is 4. The summed E-state index contributed by atoms with van der Waals surface area (Å²) in [4.78, 5) is 14.2. The molecular formula is C14H20ClN3O3S. The molecule has 122 valence electrons. The minimum Gasteiger partial charge on any atom is -0.336 e. The van der Waals surface area contributed by atoms with Gasteiger partial charge in [-0.2, -0.15) is 4.72 Å². The van der Waals surface area contributed by atoms with Gasteiger partial charge in [0, 0.05) is 30.7 Å². The maximum Gasteiger partial charge on any atom is 0.241 e. The quantitative estimate of drug-likeness (QED) is 0.847. The second-order valence-corrected chi connectivity index (χ2v) is 7.53. The lowest BCUT2D eigenvalue weighted by atomic mass is 10.2. The zero-order valence-corrected chi connectivity index (χ0v) is 14.1. The van der Waals surface area contributed by atoms with E-state index in [2.05, 4.69) is 10.0 Å². The molecule has 1 aliphatic rings. The zero-order chi connectivity index (χ0) is 16.3. The summed E-state index contributed by atoms with van der Waals surface area (Å²) in [6.07, 6.45) is 0. The highest BCUT2D eigenvalue weighted by molar-refractivity contribution is 7.89. The van der Waals surface area contributed by atoms with Crippen LogP contribution in [0.5, 0.6) is 0 Å². The molecule has 0 spiro atoms. The molecule has 1 aliphatic heterocycles. The SMILES string of the molecule is CC(NS(=O)(=O)c1ccc(Cl)cc1)C(=O)N1CCNCC1C. The van der Waals surface area contributed by atoms with Crippen molar-refractivity contribution >= 4 is 27.5 Å². The molecule has 1 saturated heterocycles. The molecule has 2 rings (SSSR count). The van der Waals surface area contributed by atoms with E-state index in [4.69, 9.17) is 11.6 Å². The minimum atomic E-state index is -3.75. The van der Waals surface area contributed by atoms with Crippen LogP contribution in [-0.2, 0) is 14.8 Å². The number of carbonyl (C=O) groups excluding carboxylic acids is 1. The number of amides is 1. The Kier molecular flexibility index (Phi) is 5.44. The fourth-order valence-corrected chi connectivity index (χ4v) is 3.70. The van der Waals surface area contributed by atoms with E-state index in [1.165, 1.54) is 24.3 Å². The smallest absolute Gasteiger partial charge is 0.241 e. The predicted octanol–water partition coefficient (Wildman–Crippen LogP) is 0.827. The predicted molar refractivity (Wildman–Crippen MR) is 85.3 cm³/mol. The molecule has 0 aliphatic carbocycles. The molecule has 0 bridgehead atoms. The van der Waals surface area contributed by atoms with Crippen molar-refractivity contribution in [1.82, 2.24) is 14.9 Å². The number of hydrogen-bond acceptors (Lipinski definition) is 4. The first-order valence-electron chi connectivity index (χ1n) is 7.10. The van der Waals surface area contributed by atoms with Gasteiger partial charge < -0.3 is 10.2 Å². The highest BCUT2D eigenvalue weighted by atomic mass is 35.5. The maximum absolute atomic E-state index is 12.4. The van der Waals surface area contributed by atoms with Crippen LogP contribution in [-0.4, -0.2) is 50.9 Å². The Balaban J connectivity index is 2.08. The van der Waals surface area contributed by atoms with Gasteiger partial charge in [0.25, 0.3) is 0 Å². The first-order chi connectivity index (χ1) is 10.3. The summed E-state index contributed by atoms with van der Waals surface area (Å²) in [6, 6.07) is 5.05. The van der Waals surface area contributed by atoms with E-state index in [0.717, 1.165) is 0 Å². The summed E-state index contributed by atoms with van der Waals surface area (Å²) in [5.74, 6) is -0.216. The molecule has 1 amide bonds. The van der Waals surface area contributed by atoms with E-state index in [1.807, 2.05) is 6.92 Å². The van der Waals surface area contributed by atoms with Crippen molar-refractivity contribution in [2.24, 2.45) is 0 Å². The first-order valence-corrected chi connectivity index (χ1v) is 8.96. The number of halogens is 1. The Morgan fingerprint density at radius 3 is 2.64 bits per heavy atom. The third-order valence-electron chi connectivity index (χ3n) is 3.61. The Bertz CT molecular complexity index is 633. The molecule has 0 radical (unpaired) electrons. The average Bonchev–Trinajstić information content (AvgIpc) is 2.47. The fraction of sp³-hybridized carbons (Fsp3) is 0.500. The number of sulfonamides is 1. The summed E-state index contributed by atoms with van der Waals surface area (Å²) in [6.45, 7) is 5.50. The number of nitrogens with one attached hydrogen (secondary N) is 2. The van der Waals surface area contributed by atoms with E-state index in [-0.39, 0.29) is 16.8 Å². The fourth-order valence-electron chi connectivity index (χ4n) is 2.38. The van der Waals surface area contributed by atoms with Gasteiger partial charge in [-0.25, -0.2) is 8.42 Å². The number of nitrogens with zero attached hydrogens (tertiary/aromatic N) is 1. The van der Waals surface area contributed by atoms with Gasteiger partial charge in [-0.3, -0.25) is 4.79 Å². The standard InChI is InChI=1S/C14H20ClN3O3S/c1-10-9-16-7-8-18(10)14(19)11(2)17-22(20,21)13-5-3-12(15)4-6-13/h3-6,10-11,16-17H,7-9H2,1-2H3. The van der Waals surface area contributed by atoms with Crippen molar-refractivity contribution < 1.29 is 13.2 Å². The Morgan fingerprint density at radius 1 is 1.41 bits per heavy atom. The third kappa shape index (κ3) is 3.98. The van der Waals surface area contributed by atoms with Gasteiger partial charge in [0.15, 0.2) is 0 Å². The molecule has 0 aromatic heterocycles. The van der Waals surface area contributed by atoms with Crippen LogP contribution in [0.25, 0.3) is 0 Å². The normalized spacial score (nSPS) is 20.7. The van der Waals surface area contributed by atoms with Crippen LogP contribution in [0, 0.1) is 0 Å². The van der Waals surface area contributed by atoms with Gasteiger partial charge in [0.1, 0.15) is 0 Å². The molecule has 2 N–H and O–H groups in total. The summed E-state index contributed by atoms with van der Waals surface area (Å²) in [5.41, 5.74) is 0. The summed E-state index contributed by atoms with van der Waals surface area (Å²) in [5, 5.41) is 3.65.